The second-order valence-corrected chi connectivity index (χ2v) is 7.77. The fraction of sp³-hybridized carbons (Fsp3) is 0.783. The molecule has 1 aromatic heterocycles. The van der Waals surface area contributed by atoms with Crippen LogP contribution in [0, 0.1) is 10.1 Å². The highest BCUT2D eigenvalue weighted by atomic mass is 16.6. The molecule has 160 valence electrons. The first-order chi connectivity index (χ1) is 13.7. The van der Waals surface area contributed by atoms with E-state index in [1.807, 2.05) is 0 Å². The van der Waals surface area contributed by atoms with Crippen LogP contribution in [0.15, 0.2) is 21.5 Å². The van der Waals surface area contributed by atoms with E-state index in [1.165, 1.54) is 102 Å². The molecule has 0 atom stereocenters. The van der Waals surface area contributed by atoms with Gasteiger partial charge in [-0.2, -0.15) is 0 Å². The van der Waals surface area contributed by atoms with E-state index in [1.54, 1.807) is 12.3 Å². The van der Waals surface area contributed by atoms with Gasteiger partial charge in [-0.05, 0) is 12.5 Å². The SMILES string of the molecule is CCCCCCCCCCCCCCCCCCN=Cc1ccc([N+](=O)[O-])o1. The summed E-state index contributed by atoms with van der Waals surface area (Å²) in [5, 5.41) is 10.5. The Labute approximate surface area is 171 Å². The van der Waals surface area contributed by atoms with Crippen LogP contribution in [0.4, 0.5) is 5.88 Å². The Kier molecular flexibility index (Phi) is 15.2. The number of rotatable bonds is 19. The van der Waals surface area contributed by atoms with Crippen molar-refractivity contribution >= 4 is 12.1 Å². The zero-order valence-corrected chi connectivity index (χ0v) is 17.9. The average molecular weight is 393 g/mol. The highest BCUT2D eigenvalue weighted by molar-refractivity contribution is 5.76. The van der Waals surface area contributed by atoms with Crippen molar-refractivity contribution in [2.45, 2.75) is 110 Å². The van der Waals surface area contributed by atoms with Crippen molar-refractivity contribution in [3.8, 4) is 0 Å². The Balaban J connectivity index is 1.79. The summed E-state index contributed by atoms with van der Waals surface area (Å²) in [7, 11) is 0. The molecule has 0 saturated carbocycles. The first kappa shape index (κ1) is 24.4. The van der Waals surface area contributed by atoms with E-state index >= 15 is 0 Å². The van der Waals surface area contributed by atoms with Crippen LogP contribution in [0.5, 0.6) is 0 Å². The van der Waals surface area contributed by atoms with E-state index in [-0.39, 0.29) is 5.88 Å². The van der Waals surface area contributed by atoms with Gasteiger partial charge in [0, 0.05) is 6.54 Å². The van der Waals surface area contributed by atoms with Gasteiger partial charge in [-0.1, -0.05) is 103 Å². The Bertz CT molecular complexity index is 526. The van der Waals surface area contributed by atoms with Crippen molar-refractivity contribution in [3.63, 3.8) is 0 Å². The van der Waals surface area contributed by atoms with Gasteiger partial charge >= 0.3 is 5.88 Å². The molecule has 0 amide bonds. The van der Waals surface area contributed by atoms with Crippen LogP contribution in [-0.4, -0.2) is 17.7 Å². The molecule has 0 aliphatic carbocycles. The van der Waals surface area contributed by atoms with Gasteiger partial charge in [-0.3, -0.25) is 15.1 Å². The summed E-state index contributed by atoms with van der Waals surface area (Å²) in [6.07, 6.45) is 23.3. The van der Waals surface area contributed by atoms with Crippen LogP contribution in [0.1, 0.15) is 115 Å². The largest absolute Gasteiger partial charge is 0.433 e. The third kappa shape index (κ3) is 13.5. The Hall–Kier alpha value is -1.65. The summed E-state index contributed by atoms with van der Waals surface area (Å²) in [5.74, 6) is 0.215. The second-order valence-electron chi connectivity index (χ2n) is 7.77. The van der Waals surface area contributed by atoms with Gasteiger partial charge in [0.2, 0.25) is 0 Å². The number of nitrogens with zero attached hydrogens (tertiary/aromatic N) is 2. The average Bonchev–Trinajstić information content (AvgIpc) is 3.16. The maximum Gasteiger partial charge on any atom is 0.433 e. The predicted octanol–water partition coefficient (Wildman–Crippen LogP) is 7.87. The van der Waals surface area contributed by atoms with Crippen LogP contribution in [0.25, 0.3) is 0 Å². The summed E-state index contributed by atoms with van der Waals surface area (Å²) >= 11 is 0. The summed E-state index contributed by atoms with van der Waals surface area (Å²) in [5.41, 5.74) is 0. The highest BCUT2D eigenvalue weighted by Gasteiger charge is 2.09. The van der Waals surface area contributed by atoms with Crippen LogP contribution in [-0.2, 0) is 0 Å². The van der Waals surface area contributed by atoms with E-state index in [0.29, 0.717) is 5.76 Å². The lowest BCUT2D eigenvalue weighted by Crippen LogP contribution is -1.86. The van der Waals surface area contributed by atoms with E-state index in [4.69, 9.17) is 4.42 Å². The van der Waals surface area contributed by atoms with Gasteiger partial charge in [0.25, 0.3) is 0 Å². The summed E-state index contributed by atoms with van der Waals surface area (Å²) in [6, 6.07) is 2.94. The first-order valence-electron chi connectivity index (χ1n) is 11.5. The van der Waals surface area contributed by atoms with Crippen LogP contribution in [0.3, 0.4) is 0 Å². The van der Waals surface area contributed by atoms with Crippen molar-refractivity contribution in [3.05, 3.63) is 28.0 Å². The summed E-state index contributed by atoms with van der Waals surface area (Å²) in [4.78, 5) is 14.3. The molecule has 0 bridgehead atoms. The van der Waals surface area contributed by atoms with E-state index in [2.05, 4.69) is 11.9 Å². The molecular formula is C23H40N2O3. The van der Waals surface area contributed by atoms with Gasteiger partial charge < -0.3 is 4.42 Å². The molecule has 0 spiro atoms. The van der Waals surface area contributed by atoms with Crippen molar-refractivity contribution in [1.82, 2.24) is 0 Å². The minimum atomic E-state index is -0.535. The lowest BCUT2D eigenvalue weighted by Gasteiger charge is -2.03. The molecule has 28 heavy (non-hydrogen) atoms. The monoisotopic (exact) mass is 392 g/mol. The molecule has 0 unspecified atom stereocenters. The molecule has 0 saturated heterocycles. The van der Waals surface area contributed by atoms with Crippen LogP contribution in [0.2, 0.25) is 0 Å². The fourth-order valence-electron chi connectivity index (χ4n) is 3.42. The smallest absolute Gasteiger partial charge is 0.400 e. The van der Waals surface area contributed by atoms with Crippen LogP contribution >= 0.6 is 0 Å². The number of aliphatic imine (C=N–C) groups is 1. The van der Waals surface area contributed by atoms with Crippen molar-refractivity contribution in [2.75, 3.05) is 6.54 Å². The number of hydrogen-bond donors (Lipinski definition) is 0. The minimum Gasteiger partial charge on any atom is -0.400 e. The van der Waals surface area contributed by atoms with E-state index in [9.17, 15) is 10.1 Å². The van der Waals surface area contributed by atoms with Gasteiger partial charge in [0.15, 0.2) is 5.76 Å². The fourth-order valence-corrected chi connectivity index (χ4v) is 3.42. The molecule has 0 N–H and O–H groups in total. The van der Waals surface area contributed by atoms with Gasteiger partial charge in [0.05, 0.1) is 12.3 Å². The molecular weight excluding hydrogens is 352 g/mol. The third-order valence-electron chi connectivity index (χ3n) is 5.15. The van der Waals surface area contributed by atoms with Crippen molar-refractivity contribution in [1.29, 1.82) is 0 Å². The van der Waals surface area contributed by atoms with E-state index < -0.39 is 4.92 Å². The van der Waals surface area contributed by atoms with Gasteiger partial charge in [-0.25, -0.2) is 0 Å². The number of unbranched alkanes of at least 4 members (excludes halogenated alkanes) is 15. The molecule has 5 nitrogen and oxygen atoms in total. The first-order valence-corrected chi connectivity index (χ1v) is 11.5. The Morgan fingerprint density at radius 1 is 0.821 bits per heavy atom. The Morgan fingerprint density at radius 2 is 1.29 bits per heavy atom. The number of furan rings is 1. The van der Waals surface area contributed by atoms with Crippen molar-refractivity contribution in [2.24, 2.45) is 4.99 Å². The molecule has 5 heteroatoms. The van der Waals surface area contributed by atoms with E-state index in [0.717, 1.165) is 13.0 Å². The number of hydrogen-bond acceptors (Lipinski definition) is 4. The second kappa shape index (κ2) is 17.4. The Morgan fingerprint density at radius 3 is 1.71 bits per heavy atom. The quantitative estimate of drug-likeness (QED) is 0.104. The third-order valence-corrected chi connectivity index (χ3v) is 5.15. The molecule has 1 heterocycles. The normalized spacial score (nSPS) is 11.5. The molecule has 0 aliphatic heterocycles. The maximum absolute atomic E-state index is 10.5. The minimum absolute atomic E-state index is 0.233. The zero-order valence-electron chi connectivity index (χ0n) is 17.9. The zero-order chi connectivity index (χ0) is 20.3. The highest BCUT2D eigenvalue weighted by Crippen LogP contribution is 2.15. The summed E-state index contributed by atoms with van der Waals surface area (Å²) in [6.45, 7) is 3.03. The molecule has 0 aliphatic rings. The number of nitro groups is 1. The predicted molar refractivity (Wildman–Crippen MR) is 117 cm³/mol. The summed E-state index contributed by atoms with van der Waals surface area (Å²) < 4.78 is 5.03. The van der Waals surface area contributed by atoms with Gasteiger partial charge in [0.1, 0.15) is 4.92 Å². The lowest BCUT2D eigenvalue weighted by molar-refractivity contribution is -0.402. The molecule has 1 aromatic rings. The maximum atomic E-state index is 10.5. The van der Waals surface area contributed by atoms with Crippen molar-refractivity contribution < 1.29 is 9.34 Å². The molecule has 0 fully saturated rings. The molecule has 0 aromatic carbocycles. The molecule has 0 radical (unpaired) electrons. The van der Waals surface area contributed by atoms with Gasteiger partial charge in [-0.15, -0.1) is 0 Å². The van der Waals surface area contributed by atoms with Crippen LogP contribution < -0.4 is 0 Å². The molecule has 1 rings (SSSR count). The lowest BCUT2D eigenvalue weighted by atomic mass is 10.0. The standard InChI is InChI=1S/C23H40N2O3/c1-2-3-4-5-6-7-8-9-10-11-12-13-14-15-16-17-20-24-21-22-18-19-23(28-22)25(26)27/h18-19,21H,2-17,20H2,1H3. The topological polar surface area (TPSA) is 68.6 Å².